The molecule has 0 aliphatic rings. The van der Waals surface area contributed by atoms with Crippen molar-refractivity contribution in [1.29, 1.82) is 0 Å². The molecule has 0 saturated heterocycles. The lowest BCUT2D eigenvalue weighted by Crippen LogP contribution is -2.33. The first kappa shape index (κ1) is 13.2. The monoisotopic (exact) mass is 277 g/mol. The van der Waals surface area contributed by atoms with E-state index in [-0.39, 0.29) is 0 Å². The number of aliphatic carboxylic acids is 1. The minimum Gasteiger partial charge on any atom is -0.546 e. The van der Waals surface area contributed by atoms with Gasteiger partial charge >= 0.3 is 0 Å². The third kappa shape index (κ3) is 2.87. The number of fused-ring (bicyclic) bond motifs is 1. The van der Waals surface area contributed by atoms with Crippen LogP contribution >= 0.6 is 0 Å². The van der Waals surface area contributed by atoms with Crippen LogP contribution in [0.1, 0.15) is 11.7 Å². The Balaban J connectivity index is 1.93. The number of hydrogen-bond acceptors (Lipinski definition) is 3. The SMILES string of the molecule is O=C([O-])[C@@H](Oc1ccc2ccccc2c1)c1ccccc1. The number of carboxylic acids is 1. The summed E-state index contributed by atoms with van der Waals surface area (Å²) in [5.74, 6) is -0.749. The summed E-state index contributed by atoms with van der Waals surface area (Å²) in [6, 6.07) is 22.1. The molecule has 3 rings (SSSR count). The van der Waals surface area contributed by atoms with Crippen molar-refractivity contribution in [3.05, 3.63) is 78.4 Å². The van der Waals surface area contributed by atoms with Crippen LogP contribution in [0.25, 0.3) is 10.8 Å². The Bertz CT molecular complexity index is 766. The van der Waals surface area contributed by atoms with Crippen LogP contribution in [0.5, 0.6) is 5.75 Å². The average Bonchev–Trinajstić information content (AvgIpc) is 2.53. The van der Waals surface area contributed by atoms with E-state index in [2.05, 4.69) is 0 Å². The maximum atomic E-state index is 11.3. The number of carbonyl (C=O) groups excluding carboxylic acids is 1. The number of carbonyl (C=O) groups is 1. The number of benzene rings is 3. The first-order chi connectivity index (χ1) is 10.2. The first-order valence-corrected chi connectivity index (χ1v) is 6.65. The quantitative estimate of drug-likeness (QED) is 0.736. The average molecular weight is 277 g/mol. The lowest BCUT2D eigenvalue weighted by molar-refractivity contribution is -0.314. The van der Waals surface area contributed by atoms with Crippen LogP contribution in [-0.4, -0.2) is 5.97 Å². The number of ether oxygens (including phenoxy) is 1. The molecule has 0 spiro atoms. The lowest BCUT2D eigenvalue weighted by atomic mass is 10.1. The van der Waals surface area contributed by atoms with Gasteiger partial charge in [-0.2, -0.15) is 0 Å². The van der Waals surface area contributed by atoms with E-state index in [0.717, 1.165) is 10.8 Å². The fraction of sp³-hybridized carbons (Fsp3) is 0.0556. The molecule has 3 nitrogen and oxygen atoms in total. The fourth-order valence-corrected chi connectivity index (χ4v) is 2.26. The number of hydrogen-bond donors (Lipinski definition) is 0. The lowest BCUT2D eigenvalue weighted by Gasteiger charge is -2.20. The Hall–Kier alpha value is -2.81. The highest BCUT2D eigenvalue weighted by Crippen LogP contribution is 2.25. The molecule has 0 amide bonds. The molecule has 0 bridgehead atoms. The predicted octanol–water partition coefficient (Wildman–Crippen LogP) is 2.71. The van der Waals surface area contributed by atoms with Crippen LogP contribution in [0, 0.1) is 0 Å². The molecule has 104 valence electrons. The van der Waals surface area contributed by atoms with Crippen molar-refractivity contribution in [2.24, 2.45) is 0 Å². The van der Waals surface area contributed by atoms with Crippen molar-refractivity contribution in [3.63, 3.8) is 0 Å². The minimum absolute atomic E-state index is 0.506. The van der Waals surface area contributed by atoms with Gasteiger partial charge in [-0.3, -0.25) is 0 Å². The van der Waals surface area contributed by atoms with E-state index in [4.69, 9.17) is 4.74 Å². The van der Waals surface area contributed by atoms with Crippen LogP contribution in [0.4, 0.5) is 0 Å². The van der Waals surface area contributed by atoms with E-state index < -0.39 is 12.1 Å². The van der Waals surface area contributed by atoms with Crippen molar-refractivity contribution >= 4 is 16.7 Å². The molecule has 21 heavy (non-hydrogen) atoms. The van der Waals surface area contributed by atoms with Crippen LogP contribution < -0.4 is 9.84 Å². The molecule has 3 aromatic rings. The highest BCUT2D eigenvalue weighted by atomic mass is 16.5. The molecular weight excluding hydrogens is 264 g/mol. The number of carboxylic acid groups (broad SMARTS) is 1. The maximum Gasteiger partial charge on any atom is 0.163 e. The van der Waals surface area contributed by atoms with Gasteiger partial charge in [-0.15, -0.1) is 0 Å². The molecule has 0 aliphatic heterocycles. The van der Waals surface area contributed by atoms with E-state index in [1.54, 1.807) is 30.3 Å². The Labute approximate surface area is 122 Å². The van der Waals surface area contributed by atoms with E-state index in [1.807, 2.05) is 42.5 Å². The first-order valence-electron chi connectivity index (χ1n) is 6.65. The minimum atomic E-state index is -1.26. The molecule has 1 atom stereocenters. The van der Waals surface area contributed by atoms with Gasteiger partial charge in [-0.25, -0.2) is 0 Å². The zero-order valence-electron chi connectivity index (χ0n) is 11.2. The summed E-state index contributed by atoms with van der Waals surface area (Å²) in [7, 11) is 0. The Morgan fingerprint density at radius 2 is 1.52 bits per heavy atom. The summed E-state index contributed by atoms with van der Waals surface area (Å²) in [5.41, 5.74) is 0.561. The van der Waals surface area contributed by atoms with Gasteiger partial charge in [0.15, 0.2) is 6.10 Å². The molecule has 0 unspecified atom stereocenters. The molecule has 0 radical (unpaired) electrons. The summed E-state index contributed by atoms with van der Waals surface area (Å²) in [4.78, 5) is 11.3. The van der Waals surface area contributed by atoms with Crippen LogP contribution in [0.15, 0.2) is 72.8 Å². The van der Waals surface area contributed by atoms with Crippen LogP contribution in [0.2, 0.25) is 0 Å². The molecule has 0 aromatic heterocycles. The Morgan fingerprint density at radius 1 is 0.857 bits per heavy atom. The molecule has 0 aliphatic carbocycles. The van der Waals surface area contributed by atoms with Gasteiger partial charge in [-0.1, -0.05) is 60.7 Å². The van der Waals surface area contributed by atoms with E-state index >= 15 is 0 Å². The number of rotatable bonds is 4. The smallest absolute Gasteiger partial charge is 0.163 e. The predicted molar refractivity (Wildman–Crippen MR) is 78.8 cm³/mol. The van der Waals surface area contributed by atoms with Gasteiger partial charge in [0.25, 0.3) is 0 Å². The van der Waals surface area contributed by atoms with Gasteiger partial charge in [0.2, 0.25) is 0 Å². The van der Waals surface area contributed by atoms with Gasteiger partial charge in [-0.05, 0) is 28.5 Å². The third-order valence-electron chi connectivity index (χ3n) is 3.29. The van der Waals surface area contributed by atoms with Crippen molar-refractivity contribution in [1.82, 2.24) is 0 Å². The van der Waals surface area contributed by atoms with Crippen LogP contribution in [0.3, 0.4) is 0 Å². The Morgan fingerprint density at radius 3 is 2.24 bits per heavy atom. The molecule has 0 saturated carbocycles. The highest BCUT2D eigenvalue weighted by Gasteiger charge is 2.14. The topological polar surface area (TPSA) is 49.4 Å². The summed E-state index contributed by atoms with van der Waals surface area (Å²) in [6.45, 7) is 0. The van der Waals surface area contributed by atoms with Crippen molar-refractivity contribution in [2.45, 2.75) is 6.10 Å². The van der Waals surface area contributed by atoms with Gasteiger partial charge in [0.05, 0.1) is 5.97 Å². The second-order valence-corrected chi connectivity index (χ2v) is 4.74. The van der Waals surface area contributed by atoms with E-state index in [0.29, 0.717) is 11.3 Å². The second kappa shape index (κ2) is 5.67. The molecule has 3 heteroatoms. The summed E-state index contributed by atoms with van der Waals surface area (Å²) in [6.07, 6.45) is -1.12. The zero-order chi connectivity index (χ0) is 14.7. The summed E-state index contributed by atoms with van der Waals surface area (Å²) in [5, 5.41) is 13.4. The van der Waals surface area contributed by atoms with E-state index in [9.17, 15) is 9.90 Å². The molecular formula is C18H13O3-. The van der Waals surface area contributed by atoms with Crippen molar-refractivity contribution in [3.8, 4) is 5.75 Å². The van der Waals surface area contributed by atoms with Crippen molar-refractivity contribution in [2.75, 3.05) is 0 Å². The second-order valence-electron chi connectivity index (χ2n) is 4.74. The molecule has 0 fully saturated rings. The summed E-state index contributed by atoms with van der Waals surface area (Å²) < 4.78 is 5.61. The summed E-state index contributed by atoms with van der Waals surface area (Å²) >= 11 is 0. The molecule has 0 heterocycles. The largest absolute Gasteiger partial charge is 0.546 e. The standard InChI is InChI=1S/C18H14O3/c19-18(20)17(14-7-2-1-3-8-14)21-16-11-10-13-6-4-5-9-15(13)12-16/h1-12,17H,(H,19,20)/p-1/t17-/m0/s1. The Kier molecular flexibility index (Phi) is 3.56. The third-order valence-corrected chi connectivity index (χ3v) is 3.29. The van der Waals surface area contributed by atoms with Gasteiger partial charge < -0.3 is 14.6 Å². The van der Waals surface area contributed by atoms with Crippen LogP contribution in [-0.2, 0) is 4.79 Å². The maximum absolute atomic E-state index is 11.3. The molecule has 0 N–H and O–H groups in total. The van der Waals surface area contributed by atoms with Gasteiger partial charge in [0.1, 0.15) is 5.75 Å². The zero-order valence-corrected chi connectivity index (χ0v) is 11.2. The normalized spacial score (nSPS) is 12.0. The highest BCUT2D eigenvalue weighted by molar-refractivity contribution is 5.84. The van der Waals surface area contributed by atoms with Crippen molar-refractivity contribution < 1.29 is 14.6 Å². The molecule has 3 aromatic carbocycles. The fourth-order valence-electron chi connectivity index (χ4n) is 2.26. The van der Waals surface area contributed by atoms with E-state index in [1.165, 1.54) is 0 Å². The van der Waals surface area contributed by atoms with Gasteiger partial charge in [0, 0.05) is 0 Å².